The third-order valence-electron chi connectivity index (χ3n) is 4.03. The van der Waals surface area contributed by atoms with E-state index in [2.05, 4.69) is 15.0 Å². The number of likely N-dealkylation sites (tertiary alicyclic amines) is 1. The first-order valence-electron chi connectivity index (χ1n) is 7.22. The SMILES string of the molecule is OC(CN1CCC(n2cncn2)CC1)c1cccc(Cl)c1. The minimum atomic E-state index is -0.494. The van der Waals surface area contributed by atoms with E-state index in [1.807, 2.05) is 28.9 Å². The Morgan fingerprint density at radius 1 is 1.33 bits per heavy atom. The number of hydrogen-bond acceptors (Lipinski definition) is 4. The first-order valence-corrected chi connectivity index (χ1v) is 7.60. The van der Waals surface area contributed by atoms with E-state index in [9.17, 15) is 5.11 Å². The highest BCUT2D eigenvalue weighted by molar-refractivity contribution is 6.30. The number of aliphatic hydroxyl groups excluding tert-OH is 1. The zero-order valence-electron chi connectivity index (χ0n) is 11.8. The molecule has 1 aromatic carbocycles. The minimum absolute atomic E-state index is 0.423. The molecule has 0 aliphatic carbocycles. The summed E-state index contributed by atoms with van der Waals surface area (Å²) in [4.78, 5) is 6.29. The van der Waals surface area contributed by atoms with Crippen molar-refractivity contribution in [2.75, 3.05) is 19.6 Å². The van der Waals surface area contributed by atoms with E-state index in [1.165, 1.54) is 0 Å². The number of aromatic nitrogens is 3. The van der Waals surface area contributed by atoms with Crippen LogP contribution in [0.25, 0.3) is 0 Å². The van der Waals surface area contributed by atoms with Crippen molar-refractivity contribution in [1.29, 1.82) is 0 Å². The molecule has 1 aliphatic heterocycles. The van der Waals surface area contributed by atoms with Crippen LogP contribution in [0.5, 0.6) is 0 Å². The van der Waals surface area contributed by atoms with Crippen molar-refractivity contribution < 1.29 is 5.11 Å². The van der Waals surface area contributed by atoms with Crippen molar-refractivity contribution in [1.82, 2.24) is 19.7 Å². The van der Waals surface area contributed by atoms with Crippen molar-refractivity contribution in [2.45, 2.75) is 25.0 Å². The van der Waals surface area contributed by atoms with Gasteiger partial charge in [-0.25, -0.2) is 9.67 Å². The summed E-state index contributed by atoms with van der Waals surface area (Å²) in [7, 11) is 0. The molecular weight excluding hydrogens is 288 g/mol. The zero-order valence-corrected chi connectivity index (χ0v) is 12.5. The number of halogens is 1. The molecule has 0 spiro atoms. The van der Waals surface area contributed by atoms with Crippen molar-refractivity contribution >= 4 is 11.6 Å². The van der Waals surface area contributed by atoms with Crippen LogP contribution in [0.2, 0.25) is 5.02 Å². The first-order chi connectivity index (χ1) is 10.2. The normalized spacial score (nSPS) is 18.8. The second kappa shape index (κ2) is 6.56. The number of piperidine rings is 1. The van der Waals surface area contributed by atoms with Crippen LogP contribution in [0.4, 0.5) is 0 Å². The number of nitrogens with zero attached hydrogens (tertiary/aromatic N) is 4. The summed E-state index contributed by atoms with van der Waals surface area (Å²) in [6, 6.07) is 7.86. The first kappa shape index (κ1) is 14.5. The molecular formula is C15H19ClN4O. The summed E-state index contributed by atoms with van der Waals surface area (Å²) in [6.07, 6.45) is 4.93. The van der Waals surface area contributed by atoms with E-state index in [0.717, 1.165) is 31.5 Å². The highest BCUT2D eigenvalue weighted by Crippen LogP contribution is 2.24. The van der Waals surface area contributed by atoms with E-state index in [-0.39, 0.29) is 0 Å². The van der Waals surface area contributed by atoms with Gasteiger partial charge in [0.15, 0.2) is 0 Å². The lowest BCUT2D eigenvalue weighted by atomic mass is 10.0. The minimum Gasteiger partial charge on any atom is -0.387 e. The molecule has 0 saturated carbocycles. The molecule has 1 atom stereocenters. The lowest BCUT2D eigenvalue weighted by Gasteiger charge is -2.33. The predicted octanol–water partition coefficient (Wildman–Crippen LogP) is 2.30. The van der Waals surface area contributed by atoms with E-state index in [1.54, 1.807) is 12.7 Å². The lowest BCUT2D eigenvalue weighted by Crippen LogP contribution is -2.37. The Bertz CT molecular complexity index is 567. The third kappa shape index (κ3) is 3.61. The average molecular weight is 307 g/mol. The van der Waals surface area contributed by atoms with Crippen LogP contribution in [-0.2, 0) is 0 Å². The molecule has 0 amide bonds. The van der Waals surface area contributed by atoms with E-state index in [0.29, 0.717) is 17.6 Å². The zero-order chi connectivity index (χ0) is 14.7. The molecule has 0 bridgehead atoms. The van der Waals surface area contributed by atoms with Crippen molar-refractivity contribution in [3.63, 3.8) is 0 Å². The highest BCUT2D eigenvalue weighted by Gasteiger charge is 2.22. The lowest BCUT2D eigenvalue weighted by molar-refractivity contribution is 0.0889. The topological polar surface area (TPSA) is 54.2 Å². The Kier molecular flexibility index (Phi) is 4.53. The summed E-state index contributed by atoms with van der Waals surface area (Å²) in [5.74, 6) is 0. The predicted molar refractivity (Wildman–Crippen MR) is 81.1 cm³/mol. The fraction of sp³-hybridized carbons (Fsp3) is 0.467. The average Bonchev–Trinajstić information content (AvgIpc) is 3.02. The van der Waals surface area contributed by atoms with Gasteiger partial charge in [0.1, 0.15) is 12.7 Å². The van der Waals surface area contributed by atoms with Crippen LogP contribution < -0.4 is 0 Å². The van der Waals surface area contributed by atoms with E-state index in [4.69, 9.17) is 11.6 Å². The van der Waals surface area contributed by atoms with Crippen molar-refractivity contribution in [3.8, 4) is 0 Å². The van der Waals surface area contributed by atoms with Gasteiger partial charge in [-0.1, -0.05) is 23.7 Å². The van der Waals surface area contributed by atoms with Gasteiger partial charge in [0, 0.05) is 24.7 Å². The smallest absolute Gasteiger partial charge is 0.137 e. The van der Waals surface area contributed by atoms with Gasteiger partial charge in [0.2, 0.25) is 0 Å². The molecule has 112 valence electrons. The number of aliphatic hydroxyl groups is 1. The molecule has 1 aromatic heterocycles. The van der Waals surface area contributed by atoms with Crippen LogP contribution in [0.15, 0.2) is 36.9 Å². The number of hydrogen-bond donors (Lipinski definition) is 1. The maximum absolute atomic E-state index is 10.3. The quantitative estimate of drug-likeness (QED) is 0.942. The standard InChI is InChI=1S/C15H19ClN4O/c16-13-3-1-2-12(8-13)15(21)9-19-6-4-14(5-7-19)20-11-17-10-18-20/h1-3,8,10-11,14-15,21H,4-7,9H2. The number of rotatable bonds is 4. The van der Waals surface area contributed by atoms with Gasteiger partial charge in [-0.15, -0.1) is 0 Å². The Balaban J connectivity index is 1.53. The Hall–Kier alpha value is -1.43. The molecule has 1 saturated heterocycles. The summed E-state index contributed by atoms with van der Waals surface area (Å²) in [6.45, 7) is 2.56. The molecule has 1 unspecified atom stereocenters. The second-order valence-electron chi connectivity index (χ2n) is 5.48. The molecule has 2 heterocycles. The summed E-state index contributed by atoms with van der Waals surface area (Å²) in [5, 5.41) is 15.2. The third-order valence-corrected chi connectivity index (χ3v) is 4.27. The summed E-state index contributed by atoms with van der Waals surface area (Å²) in [5.41, 5.74) is 0.876. The van der Waals surface area contributed by atoms with Crippen LogP contribution >= 0.6 is 11.6 Å². The maximum Gasteiger partial charge on any atom is 0.137 e. The molecule has 1 N–H and O–H groups in total. The number of β-amino-alcohol motifs (C(OH)–C–C–N with tert-alkyl or cyclic N) is 1. The van der Waals surface area contributed by atoms with Crippen LogP contribution in [0.3, 0.4) is 0 Å². The van der Waals surface area contributed by atoms with Gasteiger partial charge in [-0.05, 0) is 30.5 Å². The highest BCUT2D eigenvalue weighted by atomic mass is 35.5. The number of benzene rings is 1. The fourth-order valence-corrected chi connectivity index (χ4v) is 3.03. The molecule has 2 aromatic rings. The second-order valence-corrected chi connectivity index (χ2v) is 5.91. The largest absolute Gasteiger partial charge is 0.387 e. The molecule has 21 heavy (non-hydrogen) atoms. The van der Waals surface area contributed by atoms with E-state index >= 15 is 0 Å². The molecule has 3 rings (SSSR count). The fourth-order valence-electron chi connectivity index (χ4n) is 2.84. The van der Waals surface area contributed by atoms with Gasteiger partial charge in [-0.2, -0.15) is 5.10 Å². The summed E-state index contributed by atoms with van der Waals surface area (Å²) >= 11 is 5.97. The Morgan fingerprint density at radius 3 is 2.81 bits per heavy atom. The molecule has 5 nitrogen and oxygen atoms in total. The molecule has 0 radical (unpaired) electrons. The van der Waals surface area contributed by atoms with Gasteiger partial charge in [-0.3, -0.25) is 0 Å². The van der Waals surface area contributed by atoms with Gasteiger partial charge in [0.05, 0.1) is 12.1 Å². The van der Waals surface area contributed by atoms with Crippen molar-refractivity contribution in [2.24, 2.45) is 0 Å². The molecule has 1 aliphatic rings. The van der Waals surface area contributed by atoms with Crippen LogP contribution in [0.1, 0.15) is 30.6 Å². The van der Waals surface area contributed by atoms with Gasteiger partial charge < -0.3 is 10.0 Å². The molecule has 6 heteroatoms. The molecule has 1 fully saturated rings. The maximum atomic E-state index is 10.3. The van der Waals surface area contributed by atoms with Crippen LogP contribution in [0, 0.1) is 0 Å². The van der Waals surface area contributed by atoms with Gasteiger partial charge >= 0.3 is 0 Å². The van der Waals surface area contributed by atoms with Gasteiger partial charge in [0.25, 0.3) is 0 Å². The summed E-state index contributed by atoms with van der Waals surface area (Å²) < 4.78 is 1.94. The van der Waals surface area contributed by atoms with E-state index < -0.39 is 6.10 Å². The van der Waals surface area contributed by atoms with Crippen molar-refractivity contribution in [3.05, 3.63) is 47.5 Å². The Labute approximate surface area is 129 Å². The Morgan fingerprint density at radius 2 is 2.14 bits per heavy atom. The van der Waals surface area contributed by atoms with Crippen LogP contribution in [-0.4, -0.2) is 44.4 Å². The monoisotopic (exact) mass is 306 g/mol.